The van der Waals surface area contributed by atoms with E-state index in [1.807, 2.05) is 0 Å². The Kier molecular flexibility index (Phi) is 1.03. The average Bonchev–Trinajstić information content (AvgIpc) is 3.81. The van der Waals surface area contributed by atoms with E-state index in [1.54, 1.807) is 5.56 Å². The first kappa shape index (κ1) is 15.4. The molecule has 10 aliphatic rings. The van der Waals surface area contributed by atoms with Gasteiger partial charge in [0.2, 0.25) is 0 Å². The van der Waals surface area contributed by atoms with Crippen LogP contribution in [0.1, 0.15) is 16.4 Å². The van der Waals surface area contributed by atoms with Gasteiger partial charge in [-0.05, 0) is 0 Å². The van der Waals surface area contributed by atoms with Crippen molar-refractivity contribution in [3.63, 3.8) is 0 Å². The fourth-order valence-electron chi connectivity index (χ4n) is 19.6. The summed E-state index contributed by atoms with van der Waals surface area (Å²) >= 11 is 2.25. The zero-order chi connectivity index (χ0) is 20.9. The number of ether oxygens (including phenoxy) is 1. The molecule has 0 N–H and O–H groups in total. The van der Waals surface area contributed by atoms with Gasteiger partial charge < -0.3 is 0 Å². The number of hydrogen-bond donors (Lipinski definition) is 0. The standard InChI is InChI=1S/C25H21OS.C5H5.Fe/c1-3-9-20(10-4-1)19-26-23-17-15-22(16-18-23)25(21-11-7-8-12-21)27-24-13-5-2-6-14-24;1-2-4-5-3-1;/h1-18,25H,19H2;1-5H;. The van der Waals surface area contributed by atoms with Crippen LogP contribution in [0.15, 0.2) is 89.8 Å². The van der Waals surface area contributed by atoms with Crippen LogP contribution in [0.25, 0.3) is 0 Å². The van der Waals surface area contributed by atoms with Gasteiger partial charge in [-0.15, -0.1) is 0 Å². The van der Waals surface area contributed by atoms with Crippen LogP contribution in [-0.4, -0.2) is 0 Å². The molecule has 0 saturated carbocycles. The van der Waals surface area contributed by atoms with E-state index >= 15 is 0 Å². The van der Waals surface area contributed by atoms with Gasteiger partial charge in [0.15, 0.2) is 0 Å². The van der Waals surface area contributed by atoms with E-state index in [2.05, 4.69) is 96.7 Å². The summed E-state index contributed by atoms with van der Waals surface area (Å²) in [5, 5.41) is 0.720. The molecule has 3 aromatic rings. The molecule has 0 amide bonds. The van der Waals surface area contributed by atoms with Gasteiger partial charge in [-0.3, -0.25) is 0 Å². The zero-order valence-corrected chi connectivity index (χ0v) is 20.2. The molecule has 10 fully saturated rings. The van der Waals surface area contributed by atoms with Crippen molar-refractivity contribution in [2.75, 3.05) is 0 Å². The van der Waals surface area contributed by atoms with Gasteiger partial charge in [0.1, 0.15) is 0 Å². The average molecular weight is 490 g/mol. The van der Waals surface area contributed by atoms with Crippen molar-refractivity contribution < 1.29 is 11.2 Å². The molecule has 0 aliphatic carbocycles. The minimum absolute atomic E-state index is 0.648. The Labute approximate surface area is 188 Å². The van der Waals surface area contributed by atoms with Gasteiger partial charge in [-0.1, -0.05) is 0 Å². The van der Waals surface area contributed by atoms with E-state index in [-0.39, 0.29) is 0 Å². The molecule has 0 aromatic heterocycles. The molecular formula is C30H26FeOS. The first-order chi connectivity index (χ1) is 16.1. The summed E-state index contributed by atoms with van der Waals surface area (Å²) in [5.41, 5.74) is 2.85. The summed E-state index contributed by atoms with van der Waals surface area (Å²) in [7, 11) is 0. The molecule has 5 atom stereocenters. The van der Waals surface area contributed by atoms with Gasteiger partial charge in [0.05, 0.1) is 0 Å². The second kappa shape index (κ2) is 2.22. The summed E-state index contributed by atoms with van der Waals surface area (Å²) in [5.74, 6) is 1.01. The van der Waals surface area contributed by atoms with Crippen molar-refractivity contribution in [3.05, 3.63) is 96.1 Å². The van der Waals surface area contributed by atoms with Crippen molar-refractivity contribution in [1.82, 2.24) is 0 Å². The van der Waals surface area contributed by atoms with Crippen LogP contribution in [0.4, 0.5) is 0 Å². The van der Waals surface area contributed by atoms with Gasteiger partial charge >= 0.3 is 189 Å². The number of thioether (sulfide) groups is 1. The first-order valence-corrected chi connectivity index (χ1v) is 19.9. The molecule has 3 heteroatoms. The minimum atomic E-state index is -3.20. The molecule has 1 nitrogen and oxygen atoms in total. The van der Waals surface area contributed by atoms with Gasteiger partial charge in [-0.25, -0.2) is 0 Å². The first-order valence-electron chi connectivity index (χ1n) is 12.8. The summed E-state index contributed by atoms with van der Waals surface area (Å²) in [6.45, 7) is -2.55. The molecule has 1 spiro atoms. The number of rotatable bonds is 7. The molecule has 3 aromatic carbocycles. The van der Waals surface area contributed by atoms with Gasteiger partial charge in [-0.2, -0.15) is 0 Å². The van der Waals surface area contributed by atoms with E-state index in [0.29, 0.717) is 6.61 Å². The Morgan fingerprint density at radius 1 is 0.697 bits per heavy atom. The van der Waals surface area contributed by atoms with E-state index in [0.717, 1.165) is 15.3 Å². The third-order valence-electron chi connectivity index (χ3n) is 18.6. The van der Waals surface area contributed by atoms with E-state index in [4.69, 9.17) is 4.74 Å². The topological polar surface area (TPSA) is 9.23 Å². The third-order valence-corrected chi connectivity index (χ3v) is 62.9. The summed E-state index contributed by atoms with van der Waals surface area (Å²) in [6, 6.07) is 31.3. The zero-order valence-electron chi connectivity index (χ0n) is 18.2. The molecule has 10 aliphatic heterocycles. The predicted molar refractivity (Wildman–Crippen MR) is 129 cm³/mol. The normalized spacial score (nSPS) is 67.7. The SMILES string of the molecule is c1ccc(COc2ccc(C(Sc3ccccc3)[C]34[CH]5[CH]6[CH]7[CH]3[Fe]6754389%10[CH]4[CH]3[CH]8[CH]9[CH]4%10)cc2)cc1. The molecule has 13 rings (SSSR count). The predicted octanol–water partition coefficient (Wildman–Crippen LogP) is 8.86. The van der Waals surface area contributed by atoms with Crippen molar-refractivity contribution in [3.8, 4) is 5.75 Å². The Balaban J connectivity index is 0.946. The summed E-state index contributed by atoms with van der Waals surface area (Å²) in [6.07, 6.45) is 0. The van der Waals surface area contributed by atoms with Crippen LogP contribution in [0, 0.1) is 0 Å². The molecule has 5 unspecified atom stereocenters. The Hall–Kier alpha value is -1.67. The fourth-order valence-corrected chi connectivity index (χ4v) is 97.8. The molecule has 33 heavy (non-hydrogen) atoms. The van der Waals surface area contributed by atoms with Crippen LogP contribution in [0.5, 0.6) is 5.75 Å². The van der Waals surface area contributed by atoms with Crippen molar-refractivity contribution in [2.24, 2.45) is 0 Å². The van der Waals surface area contributed by atoms with Crippen LogP contribution in [-0.2, 0) is 13.1 Å². The van der Waals surface area contributed by atoms with Crippen LogP contribution in [0.3, 0.4) is 0 Å². The Bertz CT molecular complexity index is 1740. The Morgan fingerprint density at radius 2 is 1.27 bits per heavy atom. The van der Waals surface area contributed by atoms with Crippen molar-refractivity contribution in [1.29, 1.82) is 0 Å². The number of benzene rings is 3. The second-order valence-electron chi connectivity index (χ2n) is 14.9. The molecular weight excluding hydrogens is 464 g/mol. The van der Waals surface area contributed by atoms with Crippen molar-refractivity contribution in [2.45, 2.75) is 64.4 Å². The third kappa shape index (κ3) is 0.370. The van der Waals surface area contributed by atoms with Crippen molar-refractivity contribution >= 4 is 11.8 Å². The Morgan fingerprint density at radius 3 is 1.79 bits per heavy atom. The van der Waals surface area contributed by atoms with Gasteiger partial charge in [0.25, 0.3) is 0 Å². The molecule has 0 radical (unpaired) electrons. The monoisotopic (exact) mass is 490 g/mol. The molecule has 10 saturated heterocycles. The number of hydrogen-bond acceptors (Lipinski definition) is 2. The molecule has 10 heterocycles. The number of fused-ring (bicyclic) bond motifs is 10. The fraction of sp³-hybridized carbons (Fsp3) is 0.400. The summed E-state index contributed by atoms with van der Waals surface area (Å²) < 4.78 is 7.01. The quantitative estimate of drug-likeness (QED) is 0.242. The molecule has 166 valence electrons. The van der Waals surface area contributed by atoms with E-state index in [1.165, 1.54) is 53.8 Å². The van der Waals surface area contributed by atoms with E-state index in [9.17, 15) is 0 Å². The van der Waals surface area contributed by atoms with E-state index < -0.39 is 6.51 Å². The van der Waals surface area contributed by atoms with Crippen LogP contribution < -0.4 is 4.74 Å². The van der Waals surface area contributed by atoms with Crippen LogP contribution >= 0.6 is 11.8 Å². The second-order valence-corrected chi connectivity index (χ2v) is 39.7. The maximum absolute atomic E-state index is 6.16. The maximum atomic E-state index is 6.16. The molecule has 0 bridgehead atoms. The van der Waals surface area contributed by atoms with Gasteiger partial charge in [0, 0.05) is 0 Å². The van der Waals surface area contributed by atoms with Crippen LogP contribution in [0.2, 0.25) is 47.7 Å². The summed E-state index contributed by atoms with van der Waals surface area (Å²) in [4.78, 5) is 13.8.